The van der Waals surface area contributed by atoms with Crippen LogP contribution in [0.1, 0.15) is 17.3 Å². The number of aliphatic hydroxyl groups excluding tert-OH is 1. The van der Waals surface area contributed by atoms with Gasteiger partial charge >= 0.3 is 0 Å². The number of nitro groups is 1. The van der Waals surface area contributed by atoms with Crippen molar-refractivity contribution >= 4 is 17.7 Å². The van der Waals surface area contributed by atoms with Gasteiger partial charge in [-0.1, -0.05) is 0 Å². The molecule has 1 fully saturated rings. The Morgan fingerprint density at radius 3 is 2.95 bits per heavy atom. The van der Waals surface area contributed by atoms with Gasteiger partial charge in [-0.05, 0) is 13.0 Å². The van der Waals surface area contributed by atoms with Gasteiger partial charge in [-0.25, -0.2) is 0 Å². The molecule has 2 rings (SSSR count). The highest BCUT2D eigenvalue weighted by atomic mass is 16.6. The largest absolute Gasteiger partial charge is 0.394 e. The number of rotatable bonds is 4. The van der Waals surface area contributed by atoms with Gasteiger partial charge in [0, 0.05) is 36.0 Å². The molecule has 1 N–H and O–H groups in total. The van der Waals surface area contributed by atoms with E-state index in [2.05, 4.69) is 0 Å². The topological polar surface area (TPSA) is 92.9 Å². The molecule has 1 saturated heterocycles. The fourth-order valence-electron chi connectivity index (χ4n) is 2.28. The molecule has 1 aromatic rings. The Bertz CT molecular complexity index is 519. The van der Waals surface area contributed by atoms with Crippen molar-refractivity contribution in [3.63, 3.8) is 0 Å². The van der Waals surface area contributed by atoms with Crippen LogP contribution in [-0.4, -0.2) is 48.2 Å². The summed E-state index contributed by atoms with van der Waals surface area (Å²) in [6.45, 7) is 2.70. The van der Waals surface area contributed by atoms with Crippen LogP contribution in [0.2, 0.25) is 0 Å². The Morgan fingerprint density at radius 2 is 2.35 bits per heavy atom. The van der Waals surface area contributed by atoms with E-state index < -0.39 is 4.92 Å². The lowest BCUT2D eigenvalue weighted by atomic mass is 10.1. The van der Waals surface area contributed by atoms with Crippen molar-refractivity contribution in [3.05, 3.63) is 33.9 Å². The van der Waals surface area contributed by atoms with Crippen molar-refractivity contribution in [2.24, 2.45) is 0 Å². The maximum Gasteiger partial charge on any atom is 0.270 e. The fraction of sp³-hybridized carbons (Fsp3) is 0.462. The number of ether oxygens (including phenoxy) is 1. The standard InChI is InChI=1S/C13H16N2O5/c1-9-8-20-12(7-17)5-14(9)13-3-2-11(15(18)19)4-10(13)6-16/h2-4,6,9,12,17H,5,7-8H2,1H3. The van der Waals surface area contributed by atoms with E-state index in [1.807, 2.05) is 11.8 Å². The zero-order valence-corrected chi connectivity index (χ0v) is 11.1. The highest BCUT2D eigenvalue weighted by Crippen LogP contribution is 2.28. The molecule has 0 bridgehead atoms. The zero-order valence-electron chi connectivity index (χ0n) is 11.1. The summed E-state index contributed by atoms with van der Waals surface area (Å²) in [5, 5.41) is 19.9. The molecule has 2 atom stereocenters. The van der Waals surface area contributed by atoms with Crippen molar-refractivity contribution in [1.29, 1.82) is 0 Å². The molecule has 0 spiro atoms. The molecule has 0 aliphatic carbocycles. The van der Waals surface area contributed by atoms with Gasteiger partial charge in [0.05, 0.1) is 24.2 Å². The Balaban J connectivity index is 2.35. The number of nitrogens with zero attached hydrogens (tertiary/aromatic N) is 2. The summed E-state index contributed by atoms with van der Waals surface area (Å²) in [6, 6.07) is 4.23. The molecule has 1 aliphatic heterocycles. The van der Waals surface area contributed by atoms with Crippen molar-refractivity contribution in [1.82, 2.24) is 0 Å². The van der Waals surface area contributed by atoms with E-state index >= 15 is 0 Å². The predicted molar refractivity (Wildman–Crippen MR) is 72.1 cm³/mol. The molecule has 0 radical (unpaired) electrons. The molecule has 108 valence electrons. The molecule has 1 aromatic carbocycles. The summed E-state index contributed by atoms with van der Waals surface area (Å²) in [4.78, 5) is 23.3. The van der Waals surface area contributed by atoms with E-state index in [1.165, 1.54) is 12.1 Å². The summed E-state index contributed by atoms with van der Waals surface area (Å²) in [7, 11) is 0. The number of aliphatic hydroxyl groups is 1. The van der Waals surface area contributed by atoms with Gasteiger partial charge in [0.1, 0.15) is 0 Å². The first-order valence-corrected chi connectivity index (χ1v) is 6.29. The number of carbonyl (C=O) groups is 1. The van der Waals surface area contributed by atoms with Crippen LogP contribution >= 0.6 is 0 Å². The van der Waals surface area contributed by atoms with E-state index in [1.54, 1.807) is 6.07 Å². The number of hydrogen-bond donors (Lipinski definition) is 1. The minimum Gasteiger partial charge on any atom is -0.394 e. The van der Waals surface area contributed by atoms with Gasteiger partial charge in [-0.2, -0.15) is 0 Å². The molecule has 1 heterocycles. The van der Waals surface area contributed by atoms with Crippen molar-refractivity contribution in [3.8, 4) is 0 Å². The van der Waals surface area contributed by atoms with Crippen LogP contribution in [0.5, 0.6) is 0 Å². The first kappa shape index (κ1) is 14.4. The molecule has 20 heavy (non-hydrogen) atoms. The quantitative estimate of drug-likeness (QED) is 0.502. The molecule has 0 amide bonds. The van der Waals surface area contributed by atoms with Crippen LogP contribution in [0.25, 0.3) is 0 Å². The van der Waals surface area contributed by atoms with Crippen LogP contribution in [0.15, 0.2) is 18.2 Å². The number of carbonyl (C=O) groups excluding carboxylic acids is 1. The van der Waals surface area contributed by atoms with E-state index in [9.17, 15) is 20.0 Å². The number of benzene rings is 1. The number of non-ortho nitro benzene ring substituents is 1. The van der Waals surface area contributed by atoms with E-state index in [4.69, 9.17) is 4.74 Å². The van der Waals surface area contributed by atoms with Crippen LogP contribution in [0, 0.1) is 10.1 Å². The Morgan fingerprint density at radius 1 is 1.60 bits per heavy atom. The molecular formula is C13H16N2O5. The van der Waals surface area contributed by atoms with Gasteiger partial charge in [0.2, 0.25) is 0 Å². The predicted octanol–water partition coefficient (Wildman–Crippen LogP) is 0.993. The number of aldehydes is 1. The maximum atomic E-state index is 11.2. The Hall–Kier alpha value is -1.99. The normalized spacial score (nSPS) is 22.6. The van der Waals surface area contributed by atoms with Crippen LogP contribution in [-0.2, 0) is 4.74 Å². The maximum absolute atomic E-state index is 11.2. The average Bonchev–Trinajstić information content (AvgIpc) is 2.47. The molecule has 0 aromatic heterocycles. The first-order valence-electron chi connectivity index (χ1n) is 6.29. The van der Waals surface area contributed by atoms with Gasteiger partial charge in [-0.3, -0.25) is 14.9 Å². The van der Waals surface area contributed by atoms with Crippen LogP contribution < -0.4 is 4.90 Å². The van der Waals surface area contributed by atoms with E-state index in [0.29, 0.717) is 25.1 Å². The first-order chi connectivity index (χ1) is 9.56. The Labute approximate surface area is 115 Å². The van der Waals surface area contributed by atoms with Gasteiger partial charge < -0.3 is 14.7 Å². The molecule has 2 unspecified atom stereocenters. The fourth-order valence-corrected chi connectivity index (χ4v) is 2.28. The second-order valence-corrected chi connectivity index (χ2v) is 4.76. The second kappa shape index (κ2) is 5.98. The van der Waals surface area contributed by atoms with Crippen molar-refractivity contribution in [2.45, 2.75) is 19.1 Å². The SMILES string of the molecule is CC1COC(CO)CN1c1ccc([N+](=O)[O-])cc1C=O. The third-order valence-corrected chi connectivity index (χ3v) is 3.37. The molecule has 0 saturated carbocycles. The lowest BCUT2D eigenvalue weighted by molar-refractivity contribution is -0.384. The molecule has 1 aliphatic rings. The monoisotopic (exact) mass is 280 g/mol. The summed E-state index contributed by atoms with van der Waals surface area (Å²) < 4.78 is 5.44. The number of morpholine rings is 1. The summed E-state index contributed by atoms with van der Waals surface area (Å²) in [6.07, 6.45) is 0.291. The lowest BCUT2D eigenvalue weighted by Gasteiger charge is -2.39. The highest BCUT2D eigenvalue weighted by Gasteiger charge is 2.27. The number of nitro benzene ring substituents is 1. The van der Waals surface area contributed by atoms with Gasteiger partial charge in [0.15, 0.2) is 6.29 Å². The molecule has 7 nitrogen and oxygen atoms in total. The van der Waals surface area contributed by atoms with Gasteiger partial charge in [-0.15, -0.1) is 0 Å². The third-order valence-electron chi connectivity index (χ3n) is 3.37. The number of anilines is 1. The van der Waals surface area contributed by atoms with Gasteiger partial charge in [0.25, 0.3) is 5.69 Å². The smallest absolute Gasteiger partial charge is 0.270 e. The molecule has 7 heteroatoms. The minimum atomic E-state index is -0.532. The van der Waals surface area contributed by atoms with E-state index in [0.717, 1.165) is 0 Å². The number of hydrogen-bond acceptors (Lipinski definition) is 6. The average molecular weight is 280 g/mol. The Kier molecular flexibility index (Phi) is 4.31. The van der Waals surface area contributed by atoms with Crippen molar-refractivity contribution < 1.29 is 19.6 Å². The third kappa shape index (κ3) is 2.78. The van der Waals surface area contributed by atoms with E-state index in [-0.39, 0.29) is 30.0 Å². The summed E-state index contributed by atoms with van der Waals surface area (Å²) in [5.74, 6) is 0. The zero-order chi connectivity index (χ0) is 14.7. The summed E-state index contributed by atoms with van der Waals surface area (Å²) in [5.41, 5.74) is 0.778. The minimum absolute atomic E-state index is 0.0259. The van der Waals surface area contributed by atoms with Crippen LogP contribution in [0.3, 0.4) is 0 Å². The highest BCUT2D eigenvalue weighted by molar-refractivity contribution is 5.86. The second-order valence-electron chi connectivity index (χ2n) is 4.76. The van der Waals surface area contributed by atoms with Crippen LogP contribution in [0.4, 0.5) is 11.4 Å². The molecular weight excluding hydrogens is 264 g/mol. The lowest BCUT2D eigenvalue weighted by Crippen LogP contribution is -2.50. The summed E-state index contributed by atoms with van der Waals surface area (Å²) >= 11 is 0. The van der Waals surface area contributed by atoms with Crippen molar-refractivity contribution in [2.75, 3.05) is 24.7 Å².